The molecule has 0 saturated carbocycles. The summed E-state index contributed by atoms with van der Waals surface area (Å²) in [5.41, 5.74) is 2.42. The molecule has 1 atom stereocenters. The molecule has 0 unspecified atom stereocenters. The number of rotatable bonds is 6. The Bertz CT molecular complexity index is 1430. The molecule has 1 aliphatic rings. The van der Waals surface area contributed by atoms with Crippen LogP contribution in [0.5, 0.6) is 0 Å². The second-order valence-corrected chi connectivity index (χ2v) is 10.5. The van der Waals surface area contributed by atoms with Crippen molar-refractivity contribution < 1.29 is 37.5 Å². The molecule has 35 heavy (non-hydrogen) atoms. The molecule has 1 saturated heterocycles. The molecule has 1 aromatic heterocycles. The maximum absolute atomic E-state index is 12.3. The normalized spacial score (nSPS) is 15.1. The Morgan fingerprint density at radius 1 is 1.31 bits per heavy atom. The summed E-state index contributed by atoms with van der Waals surface area (Å²) in [6, 6.07) is 4.67. The number of likely N-dealkylation sites (tertiary alicyclic amines) is 1. The number of nitrogens with one attached hydrogen (secondary N) is 1. The molecule has 186 valence electrons. The van der Waals surface area contributed by atoms with Gasteiger partial charge in [-0.1, -0.05) is 5.92 Å². The molecule has 3 rings (SSSR count). The number of carbonyl (C=O) groups excluding carboxylic acids is 2. The molecule has 12 nitrogen and oxygen atoms in total. The first kappa shape index (κ1) is 25.8. The number of hydrogen-bond donors (Lipinski definition) is 3. The second kappa shape index (κ2) is 10.2. The Hall–Kier alpha value is -3.78. The van der Waals surface area contributed by atoms with Crippen LogP contribution in [0.25, 0.3) is 11.1 Å². The Kier molecular flexibility index (Phi) is 7.55. The number of aromatic nitrogens is 1. The van der Waals surface area contributed by atoms with Crippen LogP contribution in [0.3, 0.4) is 0 Å². The number of hydroxylamine groups is 1. The van der Waals surface area contributed by atoms with E-state index in [0.717, 1.165) is 13.2 Å². The van der Waals surface area contributed by atoms with E-state index in [9.17, 15) is 22.8 Å². The quantitative estimate of drug-likeness (QED) is 0.265. The molecule has 0 aliphatic carbocycles. The lowest BCUT2D eigenvalue weighted by atomic mass is 10.1. The summed E-state index contributed by atoms with van der Waals surface area (Å²) in [5.74, 6) is 8.61. The first-order valence-corrected chi connectivity index (χ1v) is 12.2. The van der Waals surface area contributed by atoms with Crippen molar-refractivity contribution >= 4 is 32.9 Å². The van der Waals surface area contributed by atoms with Gasteiger partial charge in [-0.05, 0) is 49.3 Å². The molecular formula is C22H23N3O9S. The van der Waals surface area contributed by atoms with Gasteiger partial charge in [0.1, 0.15) is 0 Å². The van der Waals surface area contributed by atoms with E-state index in [1.807, 2.05) is 0 Å². The van der Waals surface area contributed by atoms with Crippen LogP contribution >= 0.6 is 0 Å². The molecule has 3 N–H and O–H groups in total. The van der Waals surface area contributed by atoms with Crippen molar-refractivity contribution in [1.82, 2.24) is 14.9 Å². The van der Waals surface area contributed by atoms with Crippen molar-refractivity contribution in [3.05, 3.63) is 34.3 Å². The Labute approximate surface area is 200 Å². The smallest absolute Gasteiger partial charge is 0.419 e. The van der Waals surface area contributed by atoms with Crippen molar-refractivity contribution in [2.24, 2.45) is 0 Å². The number of aryl methyl sites for hydroxylation is 1. The van der Waals surface area contributed by atoms with Crippen LogP contribution in [0.4, 0.5) is 4.79 Å². The van der Waals surface area contributed by atoms with E-state index in [-0.39, 0.29) is 38.2 Å². The van der Waals surface area contributed by atoms with Gasteiger partial charge in [-0.25, -0.2) is 23.5 Å². The number of nitrogens with zero attached hydrogens (tertiary/aromatic N) is 2. The minimum atomic E-state index is -3.92. The van der Waals surface area contributed by atoms with Gasteiger partial charge in [-0.3, -0.25) is 14.6 Å². The van der Waals surface area contributed by atoms with Crippen molar-refractivity contribution in [3.8, 4) is 23.7 Å². The molecule has 2 aromatic rings. The van der Waals surface area contributed by atoms with Crippen molar-refractivity contribution in [1.29, 1.82) is 0 Å². The lowest BCUT2D eigenvalue weighted by Gasteiger charge is -2.34. The van der Waals surface area contributed by atoms with E-state index in [4.69, 9.17) is 19.5 Å². The minimum absolute atomic E-state index is 0.155. The van der Waals surface area contributed by atoms with Gasteiger partial charge in [0.25, 0.3) is 5.91 Å². The summed E-state index contributed by atoms with van der Waals surface area (Å²) in [6.07, 6.45) is -0.490. The van der Waals surface area contributed by atoms with Crippen LogP contribution in [-0.2, 0) is 25.9 Å². The predicted molar refractivity (Wildman–Crippen MR) is 122 cm³/mol. The van der Waals surface area contributed by atoms with E-state index in [2.05, 4.69) is 23.7 Å². The van der Waals surface area contributed by atoms with Gasteiger partial charge in [-0.15, -0.1) is 0 Å². The molecule has 1 aromatic carbocycles. The fourth-order valence-electron chi connectivity index (χ4n) is 3.24. The fourth-order valence-corrected chi connectivity index (χ4v) is 4.09. The molecule has 13 heteroatoms. The number of aliphatic hydroxyl groups excluding tert-OH is 1. The zero-order valence-corrected chi connectivity index (χ0v) is 19.7. The first-order valence-electron chi connectivity index (χ1n) is 10.3. The maximum Gasteiger partial charge on any atom is 0.419 e. The largest absolute Gasteiger partial charge is 0.436 e. The molecule has 1 fully saturated rings. The van der Waals surface area contributed by atoms with Crippen molar-refractivity contribution in [2.45, 2.75) is 30.7 Å². The molecule has 0 radical (unpaired) electrons. The van der Waals surface area contributed by atoms with Crippen LogP contribution in [0, 0.1) is 23.7 Å². The summed E-state index contributed by atoms with van der Waals surface area (Å²) in [4.78, 5) is 37.2. The zero-order valence-electron chi connectivity index (χ0n) is 18.9. The van der Waals surface area contributed by atoms with Crippen LogP contribution in [0.15, 0.2) is 27.4 Å². The van der Waals surface area contributed by atoms with E-state index in [1.165, 1.54) is 21.0 Å². The van der Waals surface area contributed by atoms with Crippen LogP contribution in [-0.4, -0.2) is 77.0 Å². The topological polar surface area (TPSA) is 168 Å². The maximum atomic E-state index is 12.3. The molecule has 0 spiro atoms. The number of β-amino-alcohol motifs (C(OH)–C–C–N with tert-alkyl or cyclic N) is 1. The highest BCUT2D eigenvalue weighted by atomic mass is 32.2. The molecule has 2 heterocycles. The van der Waals surface area contributed by atoms with Gasteiger partial charge in [-0.2, -0.15) is 0 Å². The minimum Gasteiger partial charge on any atom is -0.436 e. The summed E-state index contributed by atoms with van der Waals surface area (Å²) in [6.45, 7) is 1.32. The average molecular weight is 506 g/mol. The highest BCUT2D eigenvalue weighted by Crippen LogP contribution is 2.23. The fraction of sp³-hybridized carbons (Fsp3) is 0.409. The highest BCUT2D eigenvalue weighted by molar-refractivity contribution is 7.92. The van der Waals surface area contributed by atoms with Gasteiger partial charge >= 0.3 is 11.8 Å². The number of fused-ring (bicyclic) bond motifs is 1. The Balaban J connectivity index is 1.68. The van der Waals surface area contributed by atoms with Crippen LogP contribution in [0.1, 0.15) is 18.9 Å². The summed E-state index contributed by atoms with van der Waals surface area (Å²) in [5, 5.41) is 18.1. The van der Waals surface area contributed by atoms with E-state index < -0.39 is 38.4 Å². The van der Waals surface area contributed by atoms with E-state index in [0.29, 0.717) is 11.1 Å². The third-order valence-corrected chi connectivity index (χ3v) is 7.65. The van der Waals surface area contributed by atoms with E-state index >= 15 is 0 Å². The van der Waals surface area contributed by atoms with Gasteiger partial charge < -0.3 is 19.2 Å². The average Bonchev–Trinajstić information content (AvgIpc) is 3.10. The van der Waals surface area contributed by atoms with Gasteiger partial charge in [0.15, 0.2) is 26.8 Å². The van der Waals surface area contributed by atoms with Gasteiger partial charge in [0, 0.05) is 18.4 Å². The van der Waals surface area contributed by atoms with Gasteiger partial charge in [0.2, 0.25) is 0 Å². The summed E-state index contributed by atoms with van der Waals surface area (Å²) >= 11 is 0. The van der Waals surface area contributed by atoms with Crippen molar-refractivity contribution in [3.63, 3.8) is 0 Å². The highest BCUT2D eigenvalue weighted by Gasteiger charge is 2.43. The number of oxazole rings is 1. The van der Waals surface area contributed by atoms with Crippen LogP contribution < -0.4 is 11.2 Å². The Morgan fingerprint density at radius 3 is 2.66 bits per heavy atom. The number of hydrogen-bond acceptors (Lipinski definition) is 9. The third-order valence-electron chi connectivity index (χ3n) is 5.63. The second-order valence-electron chi connectivity index (χ2n) is 8.06. The first-order chi connectivity index (χ1) is 16.5. The van der Waals surface area contributed by atoms with Gasteiger partial charge in [0.05, 0.1) is 24.7 Å². The lowest BCUT2D eigenvalue weighted by Crippen LogP contribution is -2.53. The number of ether oxygens (including phenoxy) is 1. The molecule has 2 amide bonds. The monoisotopic (exact) mass is 505 g/mol. The third kappa shape index (κ3) is 5.66. The molecular weight excluding hydrogens is 482 g/mol. The SMILES string of the molecule is C[C@@](CCn1c(=O)oc2cc(C#CC#CCOC(=O)N3CC(O)C3)ccc21)(C(=O)NO)S(C)(=O)=O. The summed E-state index contributed by atoms with van der Waals surface area (Å²) in [7, 11) is -3.92. The van der Waals surface area contributed by atoms with Crippen LogP contribution in [0.2, 0.25) is 0 Å². The van der Waals surface area contributed by atoms with Crippen molar-refractivity contribution in [2.75, 3.05) is 26.0 Å². The number of sulfone groups is 1. The number of carbonyl (C=O) groups is 2. The molecule has 1 aliphatic heterocycles. The Morgan fingerprint density at radius 2 is 2.03 bits per heavy atom. The number of amides is 2. The molecule has 0 bridgehead atoms. The number of aliphatic hydroxyl groups is 1. The predicted octanol–water partition coefficient (Wildman–Crippen LogP) is -0.539. The standard InChI is InChI=1S/C22H23N3O9S/c1-22(19(27)23-30,35(2,31)32)9-10-25-17-8-7-15(12-18(17)34-21(25)29)6-4-3-5-11-33-20(28)24-13-16(26)14-24/h7-8,12,16,26,30H,9-11,13-14H2,1-2H3,(H,23,27)/t22-/m1/s1. The zero-order chi connectivity index (χ0) is 25.8. The lowest BCUT2D eigenvalue weighted by molar-refractivity contribution is -0.131. The number of benzene rings is 1. The summed E-state index contributed by atoms with van der Waals surface area (Å²) < 4.78 is 33.6. The van der Waals surface area contributed by atoms with E-state index in [1.54, 1.807) is 12.1 Å².